The van der Waals surface area contributed by atoms with E-state index in [1.165, 1.54) is 54.5 Å². The van der Waals surface area contributed by atoms with Crippen LogP contribution in [0.25, 0.3) is 11.3 Å². The molecule has 4 rings (SSSR count). The summed E-state index contributed by atoms with van der Waals surface area (Å²) in [6.07, 6.45) is 10.2. The van der Waals surface area contributed by atoms with Crippen LogP contribution in [0.2, 0.25) is 0 Å². The van der Waals surface area contributed by atoms with Gasteiger partial charge in [-0.1, -0.05) is 67.1 Å². The third kappa shape index (κ3) is 4.01. The van der Waals surface area contributed by atoms with Crippen LogP contribution in [0.15, 0.2) is 67.0 Å². The Balaban J connectivity index is 1.50. The molecular weight excluding hydrogens is 316 g/mol. The fraction of sp³-hybridized carbons (Fsp3) is 0.333. The molecular formula is C24H26N2. The highest BCUT2D eigenvalue weighted by Crippen LogP contribution is 2.30. The van der Waals surface area contributed by atoms with Gasteiger partial charge in [-0.2, -0.15) is 0 Å². The molecule has 0 spiro atoms. The third-order valence-electron chi connectivity index (χ3n) is 5.59. The van der Waals surface area contributed by atoms with Crippen molar-refractivity contribution in [1.29, 1.82) is 0 Å². The van der Waals surface area contributed by atoms with Gasteiger partial charge in [0.2, 0.25) is 0 Å². The lowest BCUT2D eigenvalue weighted by Gasteiger charge is -2.22. The van der Waals surface area contributed by atoms with Crippen LogP contribution in [0, 0.1) is 5.92 Å². The molecule has 0 amide bonds. The minimum atomic E-state index is 0.798. The van der Waals surface area contributed by atoms with E-state index in [0.717, 1.165) is 24.5 Å². The van der Waals surface area contributed by atoms with E-state index in [-0.39, 0.29) is 0 Å². The first-order valence-corrected chi connectivity index (χ1v) is 9.82. The maximum atomic E-state index is 4.64. The Morgan fingerprint density at radius 1 is 0.808 bits per heavy atom. The summed E-state index contributed by atoms with van der Waals surface area (Å²) >= 11 is 0. The second-order valence-corrected chi connectivity index (χ2v) is 7.33. The van der Waals surface area contributed by atoms with Crippen LogP contribution in [0.4, 0.5) is 0 Å². The van der Waals surface area contributed by atoms with Crippen molar-refractivity contribution in [1.82, 2.24) is 9.97 Å². The van der Waals surface area contributed by atoms with Crippen LogP contribution in [0.1, 0.15) is 42.5 Å². The summed E-state index contributed by atoms with van der Waals surface area (Å²) in [5.41, 5.74) is 6.46. The normalized spacial score (nSPS) is 17.2. The van der Waals surface area contributed by atoms with Crippen molar-refractivity contribution in [2.24, 2.45) is 5.92 Å². The van der Waals surface area contributed by atoms with Crippen molar-refractivity contribution in [3.63, 3.8) is 0 Å². The second kappa shape index (κ2) is 8.27. The van der Waals surface area contributed by atoms with Gasteiger partial charge in [0.05, 0.1) is 5.69 Å². The summed E-state index contributed by atoms with van der Waals surface area (Å²) in [5.74, 6) is 0.798. The SMILES string of the molecule is c1ccc(CCC2CCCc3ncnc(-c4ccccc4)c3CC2)cc1. The predicted octanol–water partition coefficient (Wildman–Crippen LogP) is 5.66. The number of hydrogen-bond acceptors (Lipinski definition) is 2. The molecule has 2 nitrogen and oxygen atoms in total. The number of hydrogen-bond donors (Lipinski definition) is 0. The minimum absolute atomic E-state index is 0.798. The van der Waals surface area contributed by atoms with E-state index in [1.54, 1.807) is 6.33 Å². The van der Waals surface area contributed by atoms with E-state index in [0.29, 0.717) is 0 Å². The van der Waals surface area contributed by atoms with E-state index in [4.69, 9.17) is 0 Å². The zero-order chi connectivity index (χ0) is 17.6. The molecule has 2 heteroatoms. The van der Waals surface area contributed by atoms with Crippen LogP contribution >= 0.6 is 0 Å². The topological polar surface area (TPSA) is 25.8 Å². The Morgan fingerprint density at radius 2 is 1.58 bits per heavy atom. The number of rotatable bonds is 4. The Labute approximate surface area is 156 Å². The zero-order valence-electron chi connectivity index (χ0n) is 15.3. The van der Waals surface area contributed by atoms with E-state index >= 15 is 0 Å². The molecule has 0 fully saturated rings. The predicted molar refractivity (Wildman–Crippen MR) is 107 cm³/mol. The zero-order valence-corrected chi connectivity index (χ0v) is 15.3. The molecule has 132 valence electrons. The van der Waals surface area contributed by atoms with Crippen LogP contribution < -0.4 is 0 Å². The Kier molecular flexibility index (Phi) is 5.39. The molecule has 2 aromatic carbocycles. The van der Waals surface area contributed by atoms with E-state index in [9.17, 15) is 0 Å². The Morgan fingerprint density at radius 3 is 2.38 bits per heavy atom. The van der Waals surface area contributed by atoms with Crippen LogP contribution in [-0.2, 0) is 19.3 Å². The van der Waals surface area contributed by atoms with Gasteiger partial charge in [-0.15, -0.1) is 0 Å². The number of aromatic nitrogens is 2. The molecule has 0 saturated heterocycles. The van der Waals surface area contributed by atoms with Crippen LogP contribution in [-0.4, -0.2) is 9.97 Å². The lowest BCUT2D eigenvalue weighted by Crippen LogP contribution is -2.12. The summed E-state index contributed by atoms with van der Waals surface area (Å²) < 4.78 is 0. The summed E-state index contributed by atoms with van der Waals surface area (Å²) in [5, 5.41) is 0. The smallest absolute Gasteiger partial charge is 0.116 e. The highest BCUT2D eigenvalue weighted by atomic mass is 14.8. The van der Waals surface area contributed by atoms with Gasteiger partial charge < -0.3 is 0 Å². The first-order chi connectivity index (χ1) is 12.9. The maximum Gasteiger partial charge on any atom is 0.116 e. The summed E-state index contributed by atoms with van der Waals surface area (Å²) in [6, 6.07) is 21.5. The summed E-state index contributed by atoms with van der Waals surface area (Å²) in [7, 11) is 0. The van der Waals surface area contributed by atoms with Crippen molar-refractivity contribution >= 4 is 0 Å². The Hall–Kier alpha value is -2.48. The molecule has 1 atom stereocenters. The molecule has 1 heterocycles. The van der Waals surface area contributed by atoms with Crippen LogP contribution in [0.3, 0.4) is 0 Å². The van der Waals surface area contributed by atoms with E-state index in [1.807, 2.05) is 0 Å². The highest BCUT2D eigenvalue weighted by Gasteiger charge is 2.19. The van der Waals surface area contributed by atoms with E-state index in [2.05, 4.69) is 70.6 Å². The number of benzene rings is 2. The van der Waals surface area contributed by atoms with Crippen LogP contribution in [0.5, 0.6) is 0 Å². The van der Waals surface area contributed by atoms with Crippen molar-refractivity contribution in [3.05, 3.63) is 83.8 Å². The van der Waals surface area contributed by atoms with Gasteiger partial charge in [-0.05, 0) is 55.6 Å². The van der Waals surface area contributed by atoms with Gasteiger partial charge in [0, 0.05) is 11.3 Å². The molecule has 0 aliphatic heterocycles. The van der Waals surface area contributed by atoms with Crippen molar-refractivity contribution in [3.8, 4) is 11.3 Å². The molecule has 1 unspecified atom stereocenters. The molecule has 3 aromatic rings. The first kappa shape index (κ1) is 17.0. The molecule has 0 radical (unpaired) electrons. The fourth-order valence-corrected chi connectivity index (χ4v) is 4.13. The molecule has 1 aliphatic carbocycles. The largest absolute Gasteiger partial charge is 0.241 e. The van der Waals surface area contributed by atoms with Gasteiger partial charge in [0.15, 0.2) is 0 Å². The summed E-state index contributed by atoms with van der Waals surface area (Å²) in [6.45, 7) is 0. The van der Waals surface area contributed by atoms with Crippen molar-refractivity contribution < 1.29 is 0 Å². The van der Waals surface area contributed by atoms with E-state index < -0.39 is 0 Å². The molecule has 1 aromatic heterocycles. The van der Waals surface area contributed by atoms with Gasteiger partial charge in [0.25, 0.3) is 0 Å². The first-order valence-electron chi connectivity index (χ1n) is 9.82. The Bertz CT molecular complexity index is 827. The minimum Gasteiger partial charge on any atom is -0.241 e. The lowest BCUT2D eigenvalue weighted by atomic mass is 9.85. The number of aryl methyl sites for hydroxylation is 2. The molecule has 26 heavy (non-hydrogen) atoms. The molecule has 0 bridgehead atoms. The highest BCUT2D eigenvalue weighted by molar-refractivity contribution is 5.63. The second-order valence-electron chi connectivity index (χ2n) is 7.33. The van der Waals surface area contributed by atoms with Gasteiger partial charge in [0.1, 0.15) is 6.33 Å². The molecule has 0 saturated carbocycles. The third-order valence-corrected chi connectivity index (χ3v) is 5.59. The molecule has 0 N–H and O–H groups in total. The quantitative estimate of drug-likeness (QED) is 0.611. The average Bonchev–Trinajstić information content (AvgIpc) is 2.69. The van der Waals surface area contributed by atoms with Gasteiger partial charge >= 0.3 is 0 Å². The standard InChI is InChI=1S/C24H26N2/c1-3-8-19(9-4-1)14-15-20-10-7-13-23-22(17-16-20)24(26-18-25-23)21-11-5-2-6-12-21/h1-6,8-9,11-12,18,20H,7,10,13-17H2. The number of nitrogens with zero attached hydrogens (tertiary/aromatic N) is 2. The van der Waals surface area contributed by atoms with Crippen molar-refractivity contribution in [2.75, 3.05) is 0 Å². The fourth-order valence-electron chi connectivity index (χ4n) is 4.13. The number of fused-ring (bicyclic) bond motifs is 1. The molecule has 1 aliphatic rings. The van der Waals surface area contributed by atoms with Crippen molar-refractivity contribution in [2.45, 2.75) is 44.9 Å². The monoisotopic (exact) mass is 342 g/mol. The van der Waals surface area contributed by atoms with Gasteiger partial charge in [-0.3, -0.25) is 0 Å². The van der Waals surface area contributed by atoms with Gasteiger partial charge in [-0.25, -0.2) is 9.97 Å². The maximum absolute atomic E-state index is 4.64. The summed E-state index contributed by atoms with van der Waals surface area (Å²) in [4.78, 5) is 9.26. The lowest BCUT2D eigenvalue weighted by molar-refractivity contribution is 0.398. The average molecular weight is 342 g/mol.